The monoisotopic (exact) mass is 224 g/mol. The Kier molecular flexibility index (Phi) is 6.20. The van der Waals surface area contributed by atoms with E-state index in [0.29, 0.717) is 6.42 Å². The molecule has 0 aliphatic rings. The van der Waals surface area contributed by atoms with Crippen molar-refractivity contribution in [2.75, 3.05) is 0 Å². The summed E-state index contributed by atoms with van der Waals surface area (Å²) in [5.41, 5.74) is 0. The van der Waals surface area contributed by atoms with Gasteiger partial charge in [-0.25, -0.2) is 4.57 Å². The summed E-state index contributed by atoms with van der Waals surface area (Å²) in [6, 6.07) is 0. The zero-order valence-electron chi connectivity index (χ0n) is 8.47. The normalized spacial score (nSPS) is 14.0. The van der Waals surface area contributed by atoms with Gasteiger partial charge in [0.2, 0.25) is 0 Å². The molecule has 14 heavy (non-hydrogen) atoms. The van der Waals surface area contributed by atoms with Gasteiger partial charge in [-0.1, -0.05) is 26.2 Å². The van der Waals surface area contributed by atoms with Crippen molar-refractivity contribution in [2.24, 2.45) is 0 Å². The van der Waals surface area contributed by atoms with Crippen LogP contribution < -0.4 is 0 Å². The second-order valence-corrected chi connectivity index (χ2v) is 4.38. The Balaban J connectivity index is 4.04. The Morgan fingerprint density at radius 3 is 2.36 bits per heavy atom. The molecule has 0 aromatic rings. The second kappa shape index (κ2) is 6.30. The Morgan fingerprint density at radius 1 is 1.43 bits per heavy atom. The van der Waals surface area contributed by atoms with E-state index in [4.69, 9.17) is 9.79 Å². The van der Waals surface area contributed by atoms with E-state index >= 15 is 0 Å². The Bertz CT molecular complexity index is 222. The van der Waals surface area contributed by atoms with Gasteiger partial charge in [0.25, 0.3) is 0 Å². The van der Waals surface area contributed by atoms with Gasteiger partial charge in [0.05, 0.1) is 0 Å². The third kappa shape index (κ3) is 7.21. The molecule has 0 saturated carbocycles. The van der Waals surface area contributed by atoms with Crippen LogP contribution in [0.2, 0.25) is 0 Å². The highest BCUT2D eigenvalue weighted by atomic mass is 31.2. The lowest BCUT2D eigenvalue weighted by Gasteiger charge is -2.14. The molecule has 0 heterocycles. The minimum absolute atomic E-state index is 0.343. The third-order valence-corrected chi connectivity index (χ3v) is 2.32. The first-order valence-electron chi connectivity index (χ1n) is 4.61. The third-order valence-electron chi connectivity index (χ3n) is 1.79. The summed E-state index contributed by atoms with van der Waals surface area (Å²) < 4.78 is 14.9. The van der Waals surface area contributed by atoms with Crippen LogP contribution in [0.4, 0.5) is 0 Å². The maximum Gasteiger partial charge on any atom is 0.470 e. The number of Topliss-reactive ketones (excluding diaryl/α,β-unsaturated/α-hetero) is 1. The van der Waals surface area contributed by atoms with Crippen LogP contribution in [0.5, 0.6) is 0 Å². The molecular formula is C8H17O5P. The molecule has 0 spiro atoms. The van der Waals surface area contributed by atoms with Crippen molar-refractivity contribution in [1.29, 1.82) is 0 Å². The summed E-state index contributed by atoms with van der Waals surface area (Å²) in [6.45, 7) is 3.28. The first-order chi connectivity index (χ1) is 6.37. The van der Waals surface area contributed by atoms with Crippen molar-refractivity contribution in [3.63, 3.8) is 0 Å². The predicted molar refractivity (Wildman–Crippen MR) is 51.7 cm³/mol. The van der Waals surface area contributed by atoms with Gasteiger partial charge in [0, 0.05) is 0 Å². The number of phosphoric acid groups is 1. The van der Waals surface area contributed by atoms with E-state index in [1.807, 2.05) is 6.92 Å². The number of unbranched alkanes of at least 4 members (excludes halogenated alkanes) is 2. The molecule has 0 amide bonds. The Hall–Kier alpha value is -0.220. The first-order valence-corrected chi connectivity index (χ1v) is 6.14. The smallest absolute Gasteiger partial charge is 0.303 e. The molecule has 0 aromatic heterocycles. The van der Waals surface area contributed by atoms with E-state index in [-0.39, 0.29) is 5.78 Å². The van der Waals surface area contributed by atoms with E-state index in [1.165, 1.54) is 6.92 Å². The number of carbonyl (C=O) groups is 1. The van der Waals surface area contributed by atoms with E-state index in [0.717, 1.165) is 19.3 Å². The lowest BCUT2D eigenvalue weighted by molar-refractivity contribution is -0.124. The summed E-state index contributed by atoms with van der Waals surface area (Å²) in [5.74, 6) is -0.343. The number of phosphoric ester groups is 1. The molecule has 0 aliphatic heterocycles. The van der Waals surface area contributed by atoms with Gasteiger partial charge in [-0.3, -0.25) is 9.32 Å². The predicted octanol–water partition coefficient (Wildman–Crippen LogP) is 1.63. The van der Waals surface area contributed by atoms with Gasteiger partial charge < -0.3 is 9.79 Å². The summed E-state index contributed by atoms with van der Waals surface area (Å²) in [4.78, 5) is 28.0. The first kappa shape index (κ1) is 13.8. The fourth-order valence-electron chi connectivity index (χ4n) is 1.08. The van der Waals surface area contributed by atoms with Gasteiger partial charge in [0.1, 0.15) is 6.10 Å². The highest BCUT2D eigenvalue weighted by Crippen LogP contribution is 2.38. The average molecular weight is 224 g/mol. The van der Waals surface area contributed by atoms with Gasteiger partial charge in [0.15, 0.2) is 5.78 Å². The van der Waals surface area contributed by atoms with Crippen molar-refractivity contribution >= 4 is 13.6 Å². The number of hydrogen-bond donors (Lipinski definition) is 2. The summed E-state index contributed by atoms with van der Waals surface area (Å²) in [6.07, 6.45) is 2.05. The molecule has 0 rings (SSSR count). The summed E-state index contributed by atoms with van der Waals surface area (Å²) in [5, 5.41) is 0. The Labute approximate surface area is 83.7 Å². The van der Waals surface area contributed by atoms with Crippen molar-refractivity contribution in [1.82, 2.24) is 0 Å². The number of ketones is 1. The molecule has 1 unspecified atom stereocenters. The lowest BCUT2D eigenvalue weighted by Crippen LogP contribution is -2.20. The molecule has 2 N–H and O–H groups in total. The topological polar surface area (TPSA) is 83.8 Å². The zero-order chi connectivity index (χ0) is 11.2. The van der Waals surface area contributed by atoms with Crippen LogP contribution in [0.1, 0.15) is 39.5 Å². The molecule has 0 saturated heterocycles. The van der Waals surface area contributed by atoms with E-state index < -0.39 is 13.9 Å². The molecule has 84 valence electrons. The second-order valence-electron chi connectivity index (χ2n) is 3.19. The fraction of sp³-hybridized carbons (Fsp3) is 0.875. The van der Waals surface area contributed by atoms with E-state index in [1.54, 1.807) is 0 Å². The van der Waals surface area contributed by atoms with Crippen molar-refractivity contribution in [3.8, 4) is 0 Å². The van der Waals surface area contributed by atoms with Crippen molar-refractivity contribution in [3.05, 3.63) is 0 Å². The number of carbonyl (C=O) groups excluding carboxylic acids is 1. The molecule has 0 bridgehead atoms. The maximum atomic E-state index is 10.9. The molecule has 0 radical (unpaired) electrons. The standard InChI is InChI=1S/C8H17O5P/c1-3-4-5-6-8(7(2)9)13-14(10,11)12/h8H,3-6H2,1-2H3,(H2,10,11,12). The molecule has 0 fully saturated rings. The van der Waals surface area contributed by atoms with Crippen LogP contribution in [0.25, 0.3) is 0 Å². The van der Waals surface area contributed by atoms with Crippen LogP contribution in [0.15, 0.2) is 0 Å². The number of rotatable bonds is 7. The fourth-order valence-corrected chi connectivity index (χ4v) is 1.66. The highest BCUT2D eigenvalue weighted by molar-refractivity contribution is 7.46. The minimum Gasteiger partial charge on any atom is -0.303 e. The van der Waals surface area contributed by atoms with Gasteiger partial charge in [-0.2, -0.15) is 0 Å². The molecule has 1 atom stereocenters. The molecule has 6 heteroatoms. The van der Waals surface area contributed by atoms with E-state index in [2.05, 4.69) is 4.52 Å². The maximum absolute atomic E-state index is 10.9. The van der Waals surface area contributed by atoms with Crippen molar-refractivity contribution in [2.45, 2.75) is 45.6 Å². The van der Waals surface area contributed by atoms with Gasteiger partial charge in [-0.05, 0) is 13.3 Å². The number of hydrogen-bond acceptors (Lipinski definition) is 3. The summed E-state index contributed by atoms with van der Waals surface area (Å²) in [7, 11) is -4.55. The molecule has 0 aliphatic carbocycles. The van der Waals surface area contributed by atoms with Crippen molar-refractivity contribution < 1.29 is 23.7 Å². The summed E-state index contributed by atoms with van der Waals surface area (Å²) >= 11 is 0. The highest BCUT2D eigenvalue weighted by Gasteiger charge is 2.24. The van der Waals surface area contributed by atoms with E-state index in [9.17, 15) is 9.36 Å². The molecule has 0 aromatic carbocycles. The molecule has 5 nitrogen and oxygen atoms in total. The van der Waals surface area contributed by atoms with Crippen LogP contribution in [0, 0.1) is 0 Å². The van der Waals surface area contributed by atoms with Gasteiger partial charge >= 0.3 is 7.82 Å². The minimum atomic E-state index is -4.55. The van der Waals surface area contributed by atoms with Crippen LogP contribution >= 0.6 is 7.82 Å². The van der Waals surface area contributed by atoms with Crippen LogP contribution in [0.3, 0.4) is 0 Å². The quantitative estimate of drug-likeness (QED) is 0.507. The average Bonchev–Trinajstić information content (AvgIpc) is 2.00. The largest absolute Gasteiger partial charge is 0.470 e. The van der Waals surface area contributed by atoms with Crippen LogP contribution in [-0.2, 0) is 13.9 Å². The SMILES string of the molecule is CCCCCC(OP(=O)(O)O)C(C)=O. The van der Waals surface area contributed by atoms with Gasteiger partial charge in [-0.15, -0.1) is 0 Å². The zero-order valence-corrected chi connectivity index (χ0v) is 9.37. The molecular weight excluding hydrogens is 207 g/mol. The lowest BCUT2D eigenvalue weighted by atomic mass is 10.1. The Morgan fingerprint density at radius 2 is 2.00 bits per heavy atom. The van der Waals surface area contributed by atoms with Crippen LogP contribution in [-0.4, -0.2) is 21.7 Å².